The van der Waals surface area contributed by atoms with Crippen LogP contribution in [0.3, 0.4) is 0 Å². The Morgan fingerprint density at radius 3 is 2.43 bits per heavy atom. The fourth-order valence-corrected chi connectivity index (χ4v) is 3.51. The molecule has 2 nitrogen and oxygen atoms in total. The first kappa shape index (κ1) is 16.1. The van der Waals surface area contributed by atoms with Crippen molar-refractivity contribution in [2.75, 3.05) is 12.3 Å². The van der Waals surface area contributed by atoms with Crippen molar-refractivity contribution in [3.05, 3.63) is 65.2 Å². The fourth-order valence-electron chi connectivity index (χ4n) is 2.40. The highest BCUT2D eigenvalue weighted by Crippen LogP contribution is 2.29. The van der Waals surface area contributed by atoms with Crippen molar-refractivity contribution < 1.29 is 5.11 Å². The first-order valence-electron chi connectivity index (χ1n) is 7.23. The Morgan fingerprint density at radius 1 is 1.10 bits per heavy atom. The van der Waals surface area contributed by atoms with E-state index in [1.807, 2.05) is 30.3 Å². The van der Waals surface area contributed by atoms with Crippen molar-refractivity contribution in [3.8, 4) is 0 Å². The van der Waals surface area contributed by atoms with Crippen LogP contribution in [-0.4, -0.2) is 17.4 Å². The molecule has 1 atom stereocenters. The molecular formula is C18H23NOS. The second-order valence-electron chi connectivity index (χ2n) is 5.47. The quantitative estimate of drug-likeness (QED) is 0.801. The maximum atomic E-state index is 10.7. The summed E-state index contributed by atoms with van der Waals surface area (Å²) in [6, 6.07) is 16.2. The van der Waals surface area contributed by atoms with E-state index in [1.54, 1.807) is 11.8 Å². The third kappa shape index (κ3) is 4.10. The second-order valence-corrected chi connectivity index (χ2v) is 6.61. The molecular weight excluding hydrogens is 278 g/mol. The topological polar surface area (TPSA) is 46.2 Å². The number of thioether (sulfide) groups is 1. The monoisotopic (exact) mass is 301 g/mol. The summed E-state index contributed by atoms with van der Waals surface area (Å²) < 4.78 is 0. The van der Waals surface area contributed by atoms with E-state index in [0.717, 1.165) is 11.3 Å². The number of benzene rings is 2. The number of aryl methyl sites for hydroxylation is 2. The highest BCUT2D eigenvalue weighted by molar-refractivity contribution is 7.99. The lowest BCUT2D eigenvalue weighted by Gasteiger charge is -2.27. The van der Waals surface area contributed by atoms with Gasteiger partial charge in [-0.05, 0) is 37.5 Å². The number of aliphatic hydroxyl groups is 1. The Kier molecular flexibility index (Phi) is 5.45. The molecule has 1 unspecified atom stereocenters. The molecule has 0 fully saturated rings. The van der Waals surface area contributed by atoms with Gasteiger partial charge in [0.2, 0.25) is 0 Å². The molecule has 0 aromatic heterocycles. The molecule has 3 N–H and O–H groups in total. The summed E-state index contributed by atoms with van der Waals surface area (Å²) in [4.78, 5) is 1.27. The van der Waals surface area contributed by atoms with Crippen molar-refractivity contribution in [3.63, 3.8) is 0 Å². The van der Waals surface area contributed by atoms with E-state index in [9.17, 15) is 5.11 Å². The molecule has 2 aromatic rings. The Labute approximate surface area is 131 Å². The predicted octanol–water partition coefficient (Wildman–Crippen LogP) is 3.63. The minimum absolute atomic E-state index is 0.241. The molecule has 0 bridgehead atoms. The van der Waals surface area contributed by atoms with Gasteiger partial charge in [0.05, 0.1) is 0 Å². The van der Waals surface area contributed by atoms with Crippen LogP contribution in [0, 0.1) is 13.8 Å². The molecule has 2 rings (SSSR count). The van der Waals surface area contributed by atoms with Gasteiger partial charge in [-0.25, -0.2) is 0 Å². The summed E-state index contributed by atoms with van der Waals surface area (Å²) in [6.45, 7) is 4.47. The van der Waals surface area contributed by atoms with Crippen LogP contribution >= 0.6 is 11.8 Å². The molecule has 0 saturated carbocycles. The van der Waals surface area contributed by atoms with Gasteiger partial charge in [-0.15, -0.1) is 11.8 Å². The van der Waals surface area contributed by atoms with Gasteiger partial charge in [0, 0.05) is 17.2 Å². The molecule has 0 amide bonds. The summed E-state index contributed by atoms with van der Waals surface area (Å²) in [5.41, 5.74) is 8.33. The number of hydrogen-bond acceptors (Lipinski definition) is 3. The molecule has 0 radical (unpaired) electrons. The molecule has 2 aromatic carbocycles. The lowest BCUT2D eigenvalue weighted by molar-refractivity contribution is 0.0431. The first-order chi connectivity index (χ1) is 10.0. The van der Waals surface area contributed by atoms with E-state index in [0.29, 0.717) is 6.42 Å². The predicted molar refractivity (Wildman–Crippen MR) is 90.7 cm³/mol. The molecule has 0 aliphatic rings. The minimum atomic E-state index is -0.938. The summed E-state index contributed by atoms with van der Waals surface area (Å²) >= 11 is 1.78. The minimum Gasteiger partial charge on any atom is -0.384 e. The Bertz CT molecular complexity index is 585. The third-order valence-corrected chi connectivity index (χ3v) is 4.93. The van der Waals surface area contributed by atoms with Crippen LogP contribution in [0.25, 0.3) is 0 Å². The van der Waals surface area contributed by atoms with Gasteiger partial charge >= 0.3 is 0 Å². The zero-order valence-electron chi connectivity index (χ0n) is 12.7. The molecule has 3 heteroatoms. The van der Waals surface area contributed by atoms with Crippen LogP contribution in [0.2, 0.25) is 0 Å². The number of hydrogen-bond donors (Lipinski definition) is 2. The average Bonchev–Trinajstić information content (AvgIpc) is 2.50. The molecule has 0 spiro atoms. The maximum Gasteiger partial charge on any atom is 0.103 e. The molecule has 0 saturated heterocycles. The van der Waals surface area contributed by atoms with Crippen molar-refractivity contribution >= 4 is 11.8 Å². The molecule has 0 heterocycles. The maximum absolute atomic E-state index is 10.7. The van der Waals surface area contributed by atoms with Gasteiger partial charge < -0.3 is 10.8 Å². The average molecular weight is 301 g/mol. The van der Waals surface area contributed by atoms with Gasteiger partial charge in [0.1, 0.15) is 5.60 Å². The van der Waals surface area contributed by atoms with Crippen LogP contribution in [0.1, 0.15) is 23.1 Å². The van der Waals surface area contributed by atoms with Crippen molar-refractivity contribution in [2.24, 2.45) is 5.73 Å². The molecule has 21 heavy (non-hydrogen) atoms. The van der Waals surface area contributed by atoms with Gasteiger partial charge in [0.15, 0.2) is 0 Å². The van der Waals surface area contributed by atoms with Crippen LogP contribution in [0.4, 0.5) is 0 Å². The van der Waals surface area contributed by atoms with Gasteiger partial charge in [0.25, 0.3) is 0 Å². The Balaban J connectivity index is 2.01. The van der Waals surface area contributed by atoms with Gasteiger partial charge in [-0.1, -0.05) is 48.0 Å². The van der Waals surface area contributed by atoms with E-state index in [4.69, 9.17) is 5.73 Å². The molecule has 0 aliphatic carbocycles. The van der Waals surface area contributed by atoms with Crippen LogP contribution in [0.15, 0.2) is 53.4 Å². The Morgan fingerprint density at radius 2 is 1.81 bits per heavy atom. The summed E-state index contributed by atoms with van der Waals surface area (Å²) in [5, 5.41) is 10.7. The van der Waals surface area contributed by atoms with E-state index in [-0.39, 0.29) is 6.54 Å². The van der Waals surface area contributed by atoms with E-state index in [1.165, 1.54) is 16.0 Å². The molecule has 0 aliphatic heterocycles. The summed E-state index contributed by atoms with van der Waals surface area (Å²) in [6.07, 6.45) is 0.644. The van der Waals surface area contributed by atoms with E-state index < -0.39 is 5.60 Å². The second kappa shape index (κ2) is 7.12. The fraction of sp³-hybridized carbons (Fsp3) is 0.333. The lowest BCUT2D eigenvalue weighted by Crippen LogP contribution is -2.35. The van der Waals surface area contributed by atoms with Crippen LogP contribution in [-0.2, 0) is 5.60 Å². The van der Waals surface area contributed by atoms with E-state index >= 15 is 0 Å². The highest BCUT2D eigenvalue weighted by Gasteiger charge is 2.26. The van der Waals surface area contributed by atoms with E-state index in [2.05, 4.69) is 32.0 Å². The largest absolute Gasteiger partial charge is 0.384 e. The van der Waals surface area contributed by atoms with Crippen molar-refractivity contribution in [2.45, 2.75) is 30.8 Å². The Hall–Kier alpha value is -1.29. The zero-order chi connectivity index (χ0) is 15.3. The zero-order valence-corrected chi connectivity index (χ0v) is 13.5. The summed E-state index contributed by atoms with van der Waals surface area (Å²) in [7, 11) is 0. The standard InChI is InChI=1S/C18H23NOS/c1-14-8-9-17(15(2)12-14)21-11-10-18(20,13-19)16-6-4-3-5-7-16/h3-9,12,20H,10-11,13,19H2,1-2H3. The smallest absolute Gasteiger partial charge is 0.103 e. The van der Waals surface area contributed by atoms with Gasteiger partial charge in [-0.3, -0.25) is 0 Å². The summed E-state index contributed by atoms with van der Waals surface area (Å²) in [5.74, 6) is 0.840. The normalized spacial score (nSPS) is 13.9. The highest BCUT2D eigenvalue weighted by atomic mass is 32.2. The van der Waals surface area contributed by atoms with Crippen LogP contribution in [0.5, 0.6) is 0 Å². The van der Waals surface area contributed by atoms with Gasteiger partial charge in [-0.2, -0.15) is 0 Å². The lowest BCUT2D eigenvalue weighted by atomic mass is 9.91. The van der Waals surface area contributed by atoms with Crippen molar-refractivity contribution in [1.82, 2.24) is 0 Å². The van der Waals surface area contributed by atoms with Crippen LogP contribution < -0.4 is 5.73 Å². The SMILES string of the molecule is Cc1ccc(SCCC(O)(CN)c2ccccc2)c(C)c1. The number of rotatable bonds is 6. The third-order valence-electron chi connectivity index (χ3n) is 3.75. The molecule has 112 valence electrons. The van der Waals surface area contributed by atoms with Crippen molar-refractivity contribution in [1.29, 1.82) is 0 Å². The number of nitrogens with two attached hydrogens (primary N) is 1. The first-order valence-corrected chi connectivity index (χ1v) is 8.22.